The summed E-state index contributed by atoms with van der Waals surface area (Å²) in [5.74, 6) is 2.06. The average molecular weight is 175 g/mol. The largest absolute Gasteiger partial charge is 0.384 e. The molecule has 0 aromatic rings. The molecule has 0 aliphatic rings. The SMILES string of the molecule is COCCSCCCN=[N+]=[N-]. The molecule has 0 atom stereocenters. The Morgan fingerprint density at radius 1 is 1.55 bits per heavy atom. The fourth-order valence-electron chi connectivity index (χ4n) is 0.526. The number of hydrogen-bond donors (Lipinski definition) is 0. The van der Waals surface area contributed by atoms with Crippen LogP contribution >= 0.6 is 11.8 Å². The third-order valence-corrected chi connectivity index (χ3v) is 2.07. The van der Waals surface area contributed by atoms with Crippen molar-refractivity contribution in [2.45, 2.75) is 6.42 Å². The molecular weight excluding hydrogens is 162 g/mol. The zero-order valence-corrected chi connectivity index (χ0v) is 7.51. The Bertz CT molecular complexity index is 125. The maximum Gasteiger partial charge on any atom is 0.0552 e. The maximum absolute atomic E-state index is 7.94. The summed E-state index contributed by atoms with van der Waals surface area (Å²) in [4.78, 5) is 2.66. The van der Waals surface area contributed by atoms with Crippen molar-refractivity contribution in [2.75, 3.05) is 31.8 Å². The van der Waals surface area contributed by atoms with Crippen molar-refractivity contribution < 1.29 is 4.74 Å². The Morgan fingerprint density at radius 2 is 2.36 bits per heavy atom. The highest BCUT2D eigenvalue weighted by atomic mass is 32.2. The quantitative estimate of drug-likeness (QED) is 0.257. The molecule has 4 nitrogen and oxygen atoms in total. The first-order valence-corrected chi connectivity index (χ1v) is 4.65. The van der Waals surface area contributed by atoms with Crippen LogP contribution in [0.25, 0.3) is 10.4 Å². The third-order valence-electron chi connectivity index (χ3n) is 1.04. The van der Waals surface area contributed by atoms with Gasteiger partial charge in [0, 0.05) is 24.3 Å². The van der Waals surface area contributed by atoms with Gasteiger partial charge in [-0.2, -0.15) is 11.8 Å². The van der Waals surface area contributed by atoms with E-state index in [2.05, 4.69) is 10.0 Å². The molecule has 0 aliphatic carbocycles. The van der Waals surface area contributed by atoms with Crippen molar-refractivity contribution >= 4 is 11.8 Å². The minimum atomic E-state index is 0.608. The molecule has 0 unspecified atom stereocenters. The Hall–Kier alpha value is -0.380. The normalized spacial score (nSPS) is 9.18. The standard InChI is InChI=1S/C6H13N3OS/c1-10-4-6-11-5-2-3-8-9-7/h2-6H2,1H3. The molecule has 0 aromatic heterocycles. The molecule has 0 aromatic carbocycles. The first-order valence-electron chi connectivity index (χ1n) is 3.49. The second-order valence-corrected chi connectivity index (χ2v) is 3.14. The topological polar surface area (TPSA) is 58.0 Å². The number of hydrogen-bond acceptors (Lipinski definition) is 3. The molecular formula is C6H13N3OS. The molecule has 0 amide bonds. The van der Waals surface area contributed by atoms with E-state index in [1.54, 1.807) is 7.11 Å². The maximum atomic E-state index is 7.94. The molecule has 0 radical (unpaired) electrons. The molecule has 0 rings (SSSR count). The van der Waals surface area contributed by atoms with Gasteiger partial charge >= 0.3 is 0 Å². The lowest BCUT2D eigenvalue weighted by molar-refractivity contribution is 0.218. The van der Waals surface area contributed by atoms with Gasteiger partial charge in [-0.1, -0.05) is 5.11 Å². The molecule has 0 saturated carbocycles. The summed E-state index contributed by atoms with van der Waals surface area (Å²) >= 11 is 1.82. The molecule has 5 heteroatoms. The van der Waals surface area contributed by atoms with Gasteiger partial charge in [-0.3, -0.25) is 0 Å². The van der Waals surface area contributed by atoms with Crippen LogP contribution in [0.5, 0.6) is 0 Å². The highest BCUT2D eigenvalue weighted by molar-refractivity contribution is 7.99. The second kappa shape index (κ2) is 9.62. The lowest BCUT2D eigenvalue weighted by atomic mass is 10.5. The molecule has 0 spiro atoms. The fourth-order valence-corrected chi connectivity index (χ4v) is 1.35. The van der Waals surface area contributed by atoms with Gasteiger partial charge in [0.25, 0.3) is 0 Å². The van der Waals surface area contributed by atoms with Crippen LogP contribution in [0.2, 0.25) is 0 Å². The Balaban J connectivity index is 2.84. The van der Waals surface area contributed by atoms with Gasteiger partial charge < -0.3 is 4.74 Å². The van der Waals surface area contributed by atoms with Gasteiger partial charge in [0.15, 0.2) is 0 Å². The molecule has 64 valence electrons. The lowest BCUT2D eigenvalue weighted by Crippen LogP contribution is -1.93. The van der Waals surface area contributed by atoms with E-state index in [1.807, 2.05) is 11.8 Å². The van der Waals surface area contributed by atoms with E-state index < -0.39 is 0 Å². The summed E-state index contributed by atoms with van der Waals surface area (Å²) in [5.41, 5.74) is 7.94. The summed E-state index contributed by atoms with van der Waals surface area (Å²) in [6.45, 7) is 1.41. The molecule has 11 heavy (non-hydrogen) atoms. The minimum absolute atomic E-state index is 0.608. The van der Waals surface area contributed by atoms with E-state index in [0.29, 0.717) is 6.54 Å². The zero-order valence-electron chi connectivity index (χ0n) is 6.69. The predicted molar refractivity (Wildman–Crippen MR) is 47.8 cm³/mol. The van der Waals surface area contributed by atoms with Crippen LogP contribution in [0.3, 0.4) is 0 Å². The Kier molecular flexibility index (Phi) is 9.29. The van der Waals surface area contributed by atoms with Crippen LogP contribution in [0.15, 0.2) is 5.11 Å². The lowest BCUT2D eigenvalue weighted by Gasteiger charge is -1.97. The van der Waals surface area contributed by atoms with Crippen molar-refractivity contribution in [1.29, 1.82) is 0 Å². The first-order chi connectivity index (χ1) is 5.41. The van der Waals surface area contributed by atoms with Crippen molar-refractivity contribution in [2.24, 2.45) is 5.11 Å². The number of azide groups is 1. The zero-order chi connectivity index (χ0) is 8.36. The highest BCUT2D eigenvalue weighted by Crippen LogP contribution is 2.01. The summed E-state index contributed by atoms with van der Waals surface area (Å²) in [6, 6.07) is 0. The first kappa shape index (κ1) is 10.6. The number of ether oxygens (including phenoxy) is 1. The highest BCUT2D eigenvalue weighted by Gasteiger charge is 1.87. The summed E-state index contributed by atoms with van der Waals surface area (Å²) in [7, 11) is 1.69. The molecule has 0 N–H and O–H groups in total. The van der Waals surface area contributed by atoms with Gasteiger partial charge in [0.1, 0.15) is 0 Å². The number of thioether (sulfide) groups is 1. The third kappa shape index (κ3) is 9.62. The number of methoxy groups -OCH3 is 1. The van der Waals surface area contributed by atoms with Crippen molar-refractivity contribution in [3.63, 3.8) is 0 Å². The van der Waals surface area contributed by atoms with Crippen molar-refractivity contribution in [3.05, 3.63) is 10.4 Å². The summed E-state index contributed by atoms with van der Waals surface area (Å²) < 4.78 is 4.87. The average Bonchev–Trinajstić information content (AvgIpc) is 2.03. The van der Waals surface area contributed by atoms with E-state index in [0.717, 1.165) is 24.5 Å². The fraction of sp³-hybridized carbons (Fsp3) is 1.00. The monoisotopic (exact) mass is 175 g/mol. The van der Waals surface area contributed by atoms with Crippen LogP contribution in [0.4, 0.5) is 0 Å². The smallest absolute Gasteiger partial charge is 0.0552 e. The minimum Gasteiger partial charge on any atom is -0.384 e. The van der Waals surface area contributed by atoms with Gasteiger partial charge in [-0.05, 0) is 17.7 Å². The molecule has 0 fully saturated rings. The van der Waals surface area contributed by atoms with E-state index in [-0.39, 0.29) is 0 Å². The Morgan fingerprint density at radius 3 is 3.00 bits per heavy atom. The van der Waals surface area contributed by atoms with Gasteiger partial charge in [-0.25, -0.2) is 0 Å². The second-order valence-electron chi connectivity index (χ2n) is 1.91. The molecule has 0 aliphatic heterocycles. The van der Waals surface area contributed by atoms with Crippen molar-refractivity contribution in [1.82, 2.24) is 0 Å². The van der Waals surface area contributed by atoms with Crippen LogP contribution in [-0.4, -0.2) is 31.8 Å². The molecule has 0 bridgehead atoms. The van der Waals surface area contributed by atoms with Crippen LogP contribution in [0, 0.1) is 0 Å². The van der Waals surface area contributed by atoms with Crippen LogP contribution < -0.4 is 0 Å². The van der Waals surface area contributed by atoms with Crippen LogP contribution in [0.1, 0.15) is 6.42 Å². The predicted octanol–water partition coefficient (Wildman–Crippen LogP) is 2.07. The van der Waals surface area contributed by atoms with Gasteiger partial charge in [-0.15, -0.1) is 0 Å². The Labute approximate surface area is 70.9 Å². The van der Waals surface area contributed by atoms with E-state index in [4.69, 9.17) is 10.3 Å². The van der Waals surface area contributed by atoms with E-state index in [9.17, 15) is 0 Å². The van der Waals surface area contributed by atoms with E-state index >= 15 is 0 Å². The van der Waals surface area contributed by atoms with Crippen molar-refractivity contribution in [3.8, 4) is 0 Å². The summed E-state index contributed by atoms with van der Waals surface area (Å²) in [5, 5.41) is 3.43. The molecule has 0 heterocycles. The van der Waals surface area contributed by atoms with Gasteiger partial charge in [0.2, 0.25) is 0 Å². The van der Waals surface area contributed by atoms with Gasteiger partial charge in [0.05, 0.1) is 6.61 Å². The van der Waals surface area contributed by atoms with Crippen LogP contribution in [-0.2, 0) is 4.74 Å². The number of nitrogens with zero attached hydrogens (tertiary/aromatic N) is 3. The number of rotatable bonds is 7. The molecule has 0 saturated heterocycles. The van der Waals surface area contributed by atoms with E-state index in [1.165, 1.54) is 0 Å². The summed E-state index contributed by atoms with van der Waals surface area (Å²) in [6.07, 6.45) is 0.957.